The molecule has 0 radical (unpaired) electrons. The molecule has 7 nitrogen and oxygen atoms in total. The summed E-state index contributed by atoms with van der Waals surface area (Å²) in [7, 11) is 0. The second kappa shape index (κ2) is 7.44. The number of aromatic amines is 1. The predicted octanol–water partition coefficient (Wildman–Crippen LogP) is 2.62. The number of carbonyl (C=O) groups is 2. The highest BCUT2D eigenvalue weighted by atomic mass is 35.5. The number of amides is 2. The minimum absolute atomic E-state index is 0.0852. The standard InChI is InChI=1S/C21H16ClFN4O3/c22-14-5-12(6-15(23)9-14)11-25-19(28)21(30)3-4-27(20(21)29)17-1-2-18-13(8-17)7-16(10-24)26-18/h1-2,5-9,26,30H,3-4,11H2,(H,25,28). The lowest BCUT2D eigenvalue weighted by Gasteiger charge is -2.22. The fraction of sp³-hybridized carbons (Fsp3) is 0.190. The summed E-state index contributed by atoms with van der Waals surface area (Å²) in [6.07, 6.45) is -0.0871. The summed E-state index contributed by atoms with van der Waals surface area (Å²) in [6, 6.07) is 12.6. The Bertz CT molecular complexity index is 1200. The smallest absolute Gasteiger partial charge is 0.268 e. The van der Waals surface area contributed by atoms with Crippen molar-refractivity contribution in [1.82, 2.24) is 10.3 Å². The lowest BCUT2D eigenvalue weighted by molar-refractivity contribution is -0.149. The quantitative estimate of drug-likeness (QED) is 0.557. The lowest BCUT2D eigenvalue weighted by atomic mass is 10.0. The van der Waals surface area contributed by atoms with Crippen molar-refractivity contribution >= 4 is 40.0 Å². The molecule has 3 N–H and O–H groups in total. The van der Waals surface area contributed by atoms with Crippen LogP contribution in [0.3, 0.4) is 0 Å². The SMILES string of the molecule is N#Cc1cc2cc(N3CCC(O)(C(=O)NCc4cc(F)cc(Cl)c4)C3=O)ccc2[nH]1. The lowest BCUT2D eigenvalue weighted by Crippen LogP contribution is -2.52. The molecule has 0 saturated carbocycles. The number of halogens is 2. The van der Waals surface area contributed by atoms with Gasteiger partial charge in [0.1, 0.15) is 17.6 Å². The molecule has 2 aromatic carbocycles. The number of hydrogen-bond donors (Lipinski definition) is 3. The summed E-state index contributed by atoms with van der Waals surface area (Å²) in [5.41, 5.74) is -0.170. The normalized spacial score (nSPS) is 18.6. The number of nitrogens with one attached hydrogen (secondary N) is 2. The molecule has 1 unspecified atom stereocenters. The van der Waals surface area contributed by atoms with Crippen LogP contribution in [0.5, 0.6) is 0 Å². The monoisotopic (exact) mass is 426 g/mol. The van der Waals surface area contributed by atoms with Crippen LogP contribution in [0.1, 0.15) is 17.7 Å². The second-order valence-corrected chi connectivity index (χ2v) is 7.53. The third-order valence-electron chi connectivity index (χ3n) is 5.08. The highest BCUT2D eigenvalue weighted by Gasteiger charge is 2.51. The number of fused-ring (bicyclic) bond motifs is 1. The van der Waals surface area contributed by atoms with E-state index in [1.165, 1.54) is 17.0 Å². The van der Waals surface area contributed by atoms with Crippen LogP contribution in [0, 0.1) is 17.1 Å². The molecule has 2 heterocycles. The molecule has 4 rings (SSSR count). The predicted molar refractivity (Wildman–Crippen MR) is 108 cm³/mol. The van der Waals surface area contributed by atoms with Gasteiger partial charge in [0.2, 0.25) is 5.60 Å². The molecule has 0 aliphatic carbocycles. The summed E-state index contributed by atoms with van der Waals surface area (Å²) in [5, 5.41) is 23.1. The number of aromatic nitrogens is 1. The van der Waals surface area contributed by atoms with Crippen molar-refractivity contribution in [2.45, 2.75) is 18.6 Å². The maximum Gasteiger partial charge on any atom is 0.268 e. The Hall–Kier alpha value is -3.41. The molecule has 1 fully saturated rings. The van der Waals surface area contributed by atoms with Gasteiger partial charge in [-0.15, -0.1) is 0 Å². The van der Waals surface area contributed by atoms with Crippen molar-refractivity contribution in [2.75, 3.05) is 11.4 Å². The number of benzene rings is 2. The van der Waals surface area contributed by atoms with E-state index < -0.39 is 23.2 Å². The molecule has 9 heteroatoms. The molecule has 1 atom stereocenters. The van der Waals surface area contributed by atoms with E-state index in [9.17, 15) is 19.1 Å². The van der Waals surface area contributed by atoms with Gasteiger partial charge in [-0.2, -0.15) is 5.26 Å². The number of hydrogen-bond acceptors (Lipinski definition) is 4. The molecule has 1 aliphatic rings. The Labute approximate surface area is 175 Å². The van der Waals surface area contributed by atoms with Gasteiger partial charge in [-0.3, -0.25) is 9.59 Å². The van der Waals surface area contributed by atoms with Gasteiger partial charge in [0.25, 0.3) is 11.8 Å². The van der Waals surface area contributed by atoms with Crippen LogP contribution in [0.2, 0.25) is 5.02 Å². The van der Waals surface area contributed by atoms with Crippen molar-refractivity contribution in [3.8, 4) is 6.07 Å². The maximum atomic E-state index is 13.4. The number of nitriles is 1. The molecule has 152 valence electrons. The summed E-state index contributed by atoms with van der Waals surface area (Å²) >= 11 is 5.80. The first kappa shape index (κ1) is 19.9. The minimum atomic E-state index is -2.22. The zero-order valence-corrected chi connectivity index (χ0v) is 16.3. The largest absolute Gasteiger partial charge is 0.372 e. The van der Waals surface area contributed by atoms with Crippen LogP contribution in [0.15, 0.2) is 42.5 Å². The van der Waals surface area contributed by atoms with Gasteiger partial charge in [-0.25, -0.2) is 4.39 Å². The van der Waals surface area contributed by atoms with Crippen molar-refractivity contribution in [3.63, 3.8) is 0 Å². The molecule has 0 bridgehead atoms. The Kier molecular flexibility index (Phi) is 4.94. The number of nitrogens with zero attached hydrogens (tertiary/aromatic N) is 2. The highest BCUT2D eigenvalue weighted by molar-refractivity contribution is 6.30. The van der Waals surface area contributed by atoms with E-state index in [1.807, 2.05) is 6.07 Å². The van der Waals surface area contributed by atoms with Crippen LogP contribution in [-0.2, 0) is 16.1 Å². The van der Waals surface area contributed by atoms with Crippen molar-refractivity contribution < 1.29 is 19.1 Å². The van der Waals surface area contributed by atoms with Crippen molar-refractivity contribution in [1.29, 1.82) is 5.26 Å². The zero-order valence-electron chi connectivity index (χ0n) is 15.6. The summed E-state index contributed by atoms with van der Waals surface area (Å²) in [6.45, 7) is 0.0632. The minimum Gasteiger partial charge on any atom is -0.372 e. The second-order valence-electron chi connectivity index (χ2n) is 7.09. The Morgan fingerprint density at radius 2 is 2.13 bits per heavy atom. The average Bonchev–Trinajstić information content (AvgIpc) is 3.26. The third-order valence-corrected chi connectivity index (χ3v) is 5.30. The first-order valence-electron chi connectivity index (χ1n) is 9.10. The number of anilines is 1. The van der Waals surface area contributed by atoms with Crippen LogP contribution in [0.4, 0.5) is 10.1 Å². The third kappa shape index (κ3) is 3.49. The van der Waals surface area contributed by atoms with Gasteiger partial charge in [0.05, 0.1) is 0 Å². The Morgan fingerprint density at radius 1 is 1.33 bits per heavy atom. The Balaban J connectivity index is 1.50. The van der Waals surface area contributed by atoms with Gasteiger partial charge in [-0.05, 0) is 48.0 Å². The molecule has 0 spiro atoms. The molecule has 1 saturated heterocycles. The van der Waals surface area contributed by atoms with Crippen LogP contribution < -0.4 is 10.2 Å². The van der Waals surface area contributed by atoms with E-state index in [0.29, 0.717) is 16.9 Å². The van der Waals surface area contributed by atoms with Gasteiger partial charge >= 0.3 is 0 Å². The molecule has 3 aromatic rings. The van der Waals surface area contributed by atoms with E-state index in [2.05, 4.69) is 10.3 Å². The fourth-order valence-corrected chi connectivity index (χ4v) is 3.80. The van der Waals surface area contributed by atoms with Gasteiger partial charge in [0.15, 0.2) is 0 Å². The number of rotatable bonds is 4. The maximum absolute atomic E-state index is 13.4. The molecule has 1 aliphatic heterocycles. The van der Waals surface area contributed by atoms with Crippen molar-refractivity contribution in [3.05, 3.63) is 64.6 Å². The summed E-state index contributed by atoms with van der Waals surface area (Å²) in [4.78, 5) is 29.7. The first-order chi connectivity index (χ1) is 14.3. The van der Waals surface area contributed by atoms with E-state index in [-0.39, 0.29) is 24.5 Å². The van der Waals surface area contributed by atoms with E-state index in [0.717, 1.165) is 17.0 Å². The van der Waals surface area contributed by atoms with Crippen LogP contribution in [-0.4, -0.2) is 34.1 Å². The molecular weight excluding hydrogens is 411 g/mol. The highest BCUT2D eigenvalue weighted by Crippen LogP contribution is 2.31. The average molecular weight is 427 g/mol. The van der Waals surface area contributed by atoms with E-state index >= 15 is 0 Å². The van der Waals surface area contributed by atoms with E-state index in [1.54, 1.807) is 24.3 Å². The van der Waals surface area contributed by atoms with Crippen LogP contribution in [0.25, 0.3) is 10.9 Å². The topological polar surface area (TPSA) is 109 Å². The van der Waals surface area contributed by atoms with Gasteiger partial charge in [-0.1, -0.05) is 11.6 Å². The number of carbonyl (C=O) groups excluding carboxylic acids is 2. The number of H-pyrrole nitrogens is 1. The molecular formula is C21H16ClFN4O3. The van der Waals surface area contributed by atoms with Gasteiger partial charge in [0, 0.05) is 41.1 Å². The summed E-state index contributed by atoms with van der Waals surface area (Å²) < 4.78 is 13.4. The van der Waals surface area contributed by atoms with Crippen molar-refractivity contribution in [2.24, 2.45) is 0 Å². The van der Waals surface area contributed by atoms with E-state index in [4.69, 9.17) is 16.9 Å². The first-order valence-corrected chi connectivity index (χ1v) is 9.48. The van der Waals surface area contributed by atoms with Gasteiger partial charge < -0.3 is 20.3 Å². The summed E-state index contributed by atoms with van der Waals surface area (Å²) in [5.74, 6) is -2.15. The molecule has 2 amide bonds. The Morgan fingerprint density at radius 3 is 2.87 bits per heavy atom. The molecule has 1 aromatic heterocycles. The zero-order chi connectivity index (χ0) is 21.5. The van der Waals surface area contributed by atoms with Crippen LogP contribution >= 0.6 is 11.6 Å². The molecule has 30 heavy (non-hydrogen) atoms. The fourth-order valence-electron chi connectivity index (χ4n) is 3.55. The number of aliphatic hydroxyl groups is 1.